The topological polar surface area (TPSA) is 228 Å². The van der Waals surface area contributed by atoms with Crippen molar-refractivity contribution in [2.24, 2.45) is 5.92 Å². The molecule has 2 unspecified atom stereocenters. The number of ether oxygens (including phenoxy) is 2. The number of likely N-dealkylation sites (tertiary alicyclic amines) is 1. The number of phenols is 1. The molecule has 20 nitrogen and oxygen atoms in total. The Bertz CT molecular complexity index is 2950. The van der Waals surface area contributed by atoms with Crippen LogP contribution in [0.2, 0.25) is 0 Å². The van der Waals surface area contributed by atoms with E-state index in [9.17, 15) is 19.8 Å². The first-order valence-electron chi connectivity index (χ1n) is 26.8. The van der Waals surface area contributed by atoms with Crippen LogP contribution in [0, 0.1) is 5.92 Å². The Morgan fingerprint density at radius 2 is 1.58 bits per heavy atom. The van der Waals surface area contributed by atoms with Gasteiger partial charge in [0.15, 0.2) is 11.6 Å². The summed E-state index contributed by atoms with van der Waals surface area (Å²) in [7, 11) is 4.04. The lowest BCUT2D eigenvalue weighted by Gasteiger charge is -2.43. The number of aromatic nitrogens is 5. The van der Waals surface area contributed by atoms with E-state index in [1.54, 1.807) is 29.5 Å². The number of fused-ring (bicyclic) bond motifs is 2. The molecule has 2 aromatic carbocycles. The largest absolute Gasteiger partial charge is 0.507 e. The number of nitrogens with one attached hydrogen (secondary N) is 1. The zero-order chi connectivity index (χ0) is 53.7. The number of aliphatic hydroxyl groups is 1. The lowest BCUT2D eigenvalue weighted by Crippen LogP contribution is -2.54. The van der Waals surface area contributed by atoms with Gasteiger partial charge in [-0.25, -0.2) is 9.97 Å². The molecular weight excluding hydrogens is 999 g/mol. The highest BCUT2D eigenvalue weighted by Gasteiger charge is 2.44. The minimum atomic E-state index is -0.839. The first-order chi connectivity index (χ1) is 37.3. The second-order valence-electron chi connectivity index (χ2n) is 21.4. The summed E-state index contributed by atoms with van der Waals surface area (Å²) in [6, 6.07) is 22.4. The first-order valence-corrected chi connectivity index (χ1v) is 27.7. The number of hydrogen-bond donors (Lipinski definition) is 4. The maximum atomic E-state index is 14.3. The smallest absolute Gasteiger partial charge is 0.254 e. The summed E-state index contributed by atoms with van der Waals surface area (Å²) in [6.45, 7) is 14.1. The lowest BCUT2D eigenvalue weighted by atomic mass is 9.91. The number of hydrogen-bond acceptors (Lipinski definition) is 19. The number of nitrogen functional groups attached to an aromatic ring is 1. The average Bonchev–Trinajstić information content (AvgIpc) is 4.24. The zero-order valence-corrected chi connectivity index (χ0v) is 45.4. The molecule has 21 heteroatoms. The van der Waals surface area contributed by atoms with Crippen LogP contribution in [0.25, 0.3) is 21.7 Å². The Labute approximate surface area is 453 Å². The number of para-hydroxylation sites is 1. The third-order valence-electron chi connectivity index (χ3n) is 15.4. The van der Waals surface area contributed by atoms with Crippen LogP contribution in [0.5, 0.6) is 17.5 Å². The number of nitrogens with zero attached hydrogens (tertiary/aromatic N) is 11. The minimum Gasteiger partial charge on any atom is -0.507 e. The number of nitrogens with two attached hydrogens (primary N) is 1. The molecule has 77 heavy (non-hydrogen) atoms. The van der Waals surface area contributed by atoms with E-state index in [2.05, 4.69) is 67.3 Å². The first kappa shape index (κ1) is 53.5. The van der Waals surface area contributed by atoms with Gasteiger partial charge in [-0.3, -0.25) is 19.4 Å². The van der Waals surface area contributed by atoms with Crippen molar-refractivity contribution in [2.75, 3.05) is 102 Å². The molecule has 5 N–H and O–H groups in total. The maximum absolute atomic E-state index is 14.3. The highest BCUT2D eigenvalue weighted by atomic mass is 32.1. The molecule has 10 rings (SSSR count). The van der Waals surface area contributed by atoms with E-state index < -0.39 is 18.1 Å². The molecule has 4 fully saturated rings. The van der Waals surface area contributed by atoms with E-state index in [1.165, 1.54) is 4.90 Å². The highest BCUT2D eigenvalue weighted by Crippen LogP contribution is 2.40. The summed E-state index contributed by atoms with van der Waals surface area (Å²) in [4.78, 5) is 51.5. The normalized spacial score (nSPS) is 20.8. The molecule has 0 aliphatic carbocycles. The Kier molecular flexibility index (Phi) is 16.5. The summed E-state index contributed by atoms with van der Waals surface area (Å²) in [5.41, 5.74) is 14.4. The molecule has 4 saturated heterocycles. The lowest BCUT2D eigenvalue weighted by molar-refractivity contribution is -0.141. The number of thiazole rings is 1. The predicted octanol–water partition coefficient (Wildman–Crippen LogP) is 5.51. The Morgan fingerprint density at radius 3 is 2.27 bits per heavy atom. The number of carbonyl (C=O) groups excluding carboxylic acids is 2. The number of β-amino-alcohol motifs (C(OH)–C–C–N with tert-alkyl or cyclic N) is 1. The fourth-order valence-electron chi connectivity index (χ4n) is 11.4. The van der Waals surface area contributed by atoms with Crippen LogP contribution in [0.3, 0.4) is 0 Å². The van der Waals surface area contributed by atoms with Gasteiger partial charge in [-0.2, -0.15) is 0 Å². The van der Waals surface area contributed by atoms with Gasteiger partial charge in [0.25, 0.3) is 5.88 Å². The standard InChI is InChI=1S/C56H71N13O7S/c1-35(2)52(56(73)68-32-42(70)27-47(68)55(72)60-36(3)37-10-12-38(13-11-37)53-45(33-64(4)5)59-34-77-53)49-29-51(63-76-49)75-25-23-66-20-18-65(19-21-66)22-24-74-50-26-39(16-17-58-50)69-40-14-15-41(69)31-67(30-40)46-28-44(61-62-54(46)57)43-8-6-7-9-48(43)71/h6-13,16-17,26,28-29,34-36,40-42,47,52,70-71H,14-15,18-25,27,30-33H2,1-5H3,(H2,57,62)(H,60,72)/t36-,40?,41?,42+,47-,52+/m0/s1. The third-order valence-corrected chi connectivity index (χ3v) is 16.3. The summed E-state index contributed by atoms with van der Waals surface area (Å²) < 4.78 is 18.0. The Morgan fingerprint density at radius 1 is 0.883 bits per heavy atom. The highest BCUT2D eigenvalue weighted by molar-refractivity contribution is 7.13. The Balaban J connectivity index is 0.655. The van der Waals surface area contributed by atoms with E-state index in [-0.39, 0.29) is 54.6 Å². The molecule has 4 aliphatic heterocycles. The molecule has 4 aromatic heterocycles. The number of aliphatic hydroxyl groups excluding tert-OH is 1. The zero-order valence-electron chi connectivity index (χ0n) is 44.6. The van der Waals surface area contributed by atoms with Crippen LogP contribution in [-0.2, 0) is 16.1 Å². The van der Waals surface area contributed by atoms with Crippen molar-refractivity contribution in [3.05, 3.63) is 102 Å². The summed E-state index contributed by atoms with van der Waals surface area (Å²) in [6.07, 6.45) is 3.26. The van der Waals surface area contributed by atoms with E-state index >= 15 is 0 Å². The van der Waals surface area contributed by atoms with Gasteiger partial charge in [0, 0.05) is 114 Å². The SMILES string of the molecule is CC(C)[C@@H](C(=O)N1C[C@H](O)C[C@H]1C(=O)N[C@@H](C)c1ccc(-c2scnc2CN(C)C)cc1)c1cc(OCCN2CCN(CCOc3cc(N4C5CCC4CN(c4cc(-c6ccccc6O)nnc4N)C5)ccn3)CC2)no1. The van der Waals surface area contributed by atoms with Gasteiger partial charge in [0.2, 0.25) is 17.7 Å². The molecule has 0 saturated carbocycles. The summed E-state index contributed by atoms with van der Waals surface area (Å²) in [5.74, 6) is 0.282. The second-order valence-corrected chi connectivity index (χ2v) is 22.2. The summed E-state index contributed by atoms with van der Waals surface area (Å²) in [5, 5.41) is 37.0. The van der Waals surface area contributed by atoms with Gasteiger partial charge in [-0.1, -0.05) is 50.2 Å². The van der Waals surface area contributed by atoms with Crippen molar-refractivity contribution in [3.63, 3.8) is 0 Å². The third kappa shape index (κ3) is 12.3. The summed E-state index contributed by atoms with van der Waals surface area (Å²) >= 11 is 1.61. The molecule has 408 valence electrons. The number of piperazine rings is 2. The number of aromatic hydroxyl groups is 1. The predicted molar refractivity (Wildman–Crippen MR) is 295 cm³/mol. The van der Waals surface area contributed by atoms with Gasteiger partial charge in [0.05, 0.1) is 39.6 Å². The number of pyridine rings is 1. The molecule has 6 atom stereocenters. The van der Waals surface area contributed by atoms with Crippen LogP contribution < -0.4 is 30.3 Å². The molecule has 8 heterocycles. The number of amides is 2. The second kappa shape index (κ2) is 23.8. The quantitative estimate of drug-likeness (QED) is 0.0739. The van der Waals surface area contributed by atoms with E-state index in [0.29, 0.717) is 54.4 Å². The molecule has 2 bridgehead atoms. The monoisotopic (exact) mass is 1070 g/mol. The number of rotatable bonds is 20. The van der Waals surface area contributed by atoms with Crippen LogP contribution in [-0.4, -0.2) is 177 Å². The molecule has 4 aliphatic rings. The van der Waals surface area contributed by atoms with Crippen molar-refractivity contribution in [1.82, 2.24) is 50.2 Å². The van der Waals surface area contributed by atoms with E-state index in [0.717, 1.165) is 98.3 Å². The molecule has 6 aromatic rings. The fourth-order valence-corrected chi connectivity index (χ4v) is 12.2. The number of anilines is 3. The van der Waals surface area contributed by atoms with E-state index in [1.807, 2.05) is 89.0 Å². The fraction of sp³-hybridized carbons (Fsp3) is 0.482. The molecular formula is C56H71N13O7S. The molecule has 0 radical (unpaired) electrons. The van der Waals surface area contributed by atoms with Crippen molar-refractivity contribution < 1.29 is 33.8 Å². The van der Waals surface area contributed by atoms with Crippen molar-refractivity contribution in [2.45, 2.75) is 82.8 Å². The maximum Gasteiger partial charge on any atom is 0.254 e. The number of carbonyl (C=O) groups is 2. The van der Waals surface area contributed by atoms with Crippen LogP contribution >= 0.6 is 11.3 Å². The number of phenolic OH excluding ortho intramolecular Hbond substituents is 1. The van der Waals surface area contributed by atoms with E-state index in [4.69, 9.17) is 19.7 Å². The van der Waals surface area contributed by atoms with Crippen LogP contribution in [0.1, 0.15) is 69.0 Å². The van der Waals surface area contributed by atoms with Gasteiger partial charge in [-0.05, 0) is 80.3 Å². The minimum absolute atomic E-state index is 0.0478. The van der Waals surface area contributed by atoms with Gasteiger partial charge in [0.1, 0.15) is 30.9 Å². The van der Waals surface area contributed by atoms with Crippen LogP contribution in [0.4, 0.5) is 17.2 Å². The molecule has 0 spiro atoms. The van der Waals surface area contributed by atoms with Gasteiger partial charge in [-0.15, -0.1) is 21.5 Å². The van der Waals surface area contributed by atoms with Crippen molar-refractivity contribution in [3.8, 4) is 39.2 Å². The number of benzene rings is 2. The van der Waals surface area contributed by atoms with Crippen molar-refractivity contribution in [1.29, 1.82) is 0 Å². The average molecular weight is 1070 g/mol. The Hall–Kier alpha value is -6.91. The van der Waals surface area contributed by atoms with Crippen molar-refractivity contribution >= 4 is 40.3 Å². The van der Waals surface area contributed by atoms with Gasteiger partial charge < -0.3 is 54.9 Å². The van der Waals surface area contributed by atoms with Gasteiger partial charge >= 0.3 is 0 Å². The molecule has 2 amide bonds. The van der Waals surface area contributed by atoms with Crippen LogP contribution in [0.15, 0.2) is 89.0 Å².